The van der Waals surface area contributed by atoms with Crippen LogP contribution in [-0.2, 0) is 9.63 Å². The first-order valence-electron chi connectivity index (χ1n) is 6.55. The number of carbonyl (C=O) groups is 1. The molecule has 0 bridgehead atoms. The van der Waals surface area contributed by atoms with Crippen molar-refractivity contribution in [3.63, 3.8) is 0 Å². The molecule has 0 atom stereocenters. The SMILES string of the molecule is CC(C)(C)CC(=O)N1CCN(CCO[N+](=O)[O-])CC1. The minimum atomic E-state index is -0.775. The van der Waals surface area contributed by atoms with Crippen molar-refractivity contribution in [2.75, 3.05) is 39.3 Å². The van der Waals surface area contributed by atoms with E-state index >= 15 is 0 Å². The largest absolute Gasteiger partial charge is 0.340 e. The van der Waals surface area contributed by atoms with Crippen molar-refractivity contribution in [2.24, 2.45) is 5.41 Å². The lowest BCUT2D eigenvalue weighted by molar-refractivity contribution is -0.757. The molecule has 1 rings (SSSR count). The quantitative estimate of drug-likeness (QED) is 0.546. The molecule has 1 heterocycles. The maximum Gasteiger partial charge on any atom is 0.294 e. The summed E-state index contributed by atoms with van der Waals surface area (Å²) in [6.45, 7) is 9.64. The Morgan fingerprint density at radius 3 is 2.32 bits per heavy atom. The van der Waals surface area contributed by atoms with Gasteiger partial charge < -0.3 is 9.74 Å². The van der Waals surface area contributed by atoms with Gasteiger partial charge in [0.2, 0.25) is 5.91 Å². The lowest BCUT2D eigenvalue weighted by Crippen LogP contribution is -2.50. The van der Waals surface area contributed by atoms with Crippen molar-refractivity contribution in [2.45, 2.75) is 27.2 Å². The maximum atomic E-state index is 12.0. The topological polar surface area (TPSA) is 75.9 Å². The van der Waals surface area contributed by atoms with Crippen LogP contribution in [-0.4, -0.2) is 60.1 Å². The Morgan fingerprint density at radius 2 is 1.84 bits per heavy atom. The second-order valence-corrected chi connectivity index (χ2v) is 6.02. The first kappa shape index (κ1) is 15.7. The molecule has 0 unspecified atom stereocenters. The molecule has 0 N–H and O–H groups in total. The van der Waals surface area contributed by atoms with E-state index in [1.54, 1.807) is 0 Å². The smallest absolute Gasteiger partial charge is 0.294 e. The fourth-order valence-electron chi connectivity index (χ4n) is 2.03. The van der Waals surface area contributed by atoms with Crippen LogP contribution in [0.25, 0.3) is 0 Å². The van der Waals surface area contributed by atoms with Gasteiger partial charge >= 0.3 is 0 Å². The molecule has 0 aliphatic carbocycles. The highest BCUT2D eigenvalue weighted by molar-refractivity contribution is 5.76. The third-order valence-corrected chi connectivity index (χ3v) is 3.01. The zero-order chi connectivity index (χ0) is 14.5. The van der Waals surface area contributed by atoms with E-state index in [1.165, 1.54) is 0 Å². The molecular formula is C12H23N3O4. The van der Waals surface area contributed by atoms with E-state index in [-0.39, 0.29) is 17.9 Å². The number of hydrogen-bond acceptors (Lipinski definition) is 5. The molecule has 0 aromatic carbocycles. The Balaban J connectivity index is 2.25. The lowest BCUT2D eigenvalue weighted by Gasteiger charge is -2.35. The summed E-state index contributed by atoms with van der Waals surface area (Å²) < 4.78 is 0. The van der Waals surface area contributed by atoms with Crippen LogP contribution >= 0.6 is 0 Å². The molecule has 0 saturated carbocycles. The predicted octanol–water partition coefficient (Wildman–Crippen LogP) is 0.775. The second kappa shape index (κ2) is 6.70. The summed E-state index contributed by atoms with van der Waals surface area (Å²) in [6.07, 6.45) is 0.553. The van der Waals surface area contributed by atoms with Crippen molar-refractivity contribution in [1.29, 1.82) is 0 Å². The molecule has 19 heavy (non-hydrogen) atoms. The number of nitrogens with zero attached hydrogens (tertiary/aromatic N) is 3. The normalized spacial score (nSPS) is 17.3. The van der Waals surface area contributed by atoms with Crippen molar-refractivity contribution >= 4 is 5.91 Å². The number of carbonyl (C=O) groups excluding carboxylic acids is 1. The van der Waals surface area contributed by atoms with Crippen LogP contribution in [0.4, 0.5) is 0 Å². The average molecular weight is 273 g/mol. The van der Waals surface area contributed by atoms with E-state index in [9.17, 15) is 14.9 Å². The van der Waals surface area contributed by atoms with Crippen LogP contribution < -0.4 is 0 Å². The monoisotopic (exact) mass is 273 g/mol. The molecular weight excluding hydrogens is 250 g/mol. The fourth-order valence-corrected chi connectivity index (χ4v) is 2.03. The molecule has 0 spiro atoms. The van der Waals surface area contributed by atoms with Gasteiger partial charge in [0.25, 0.3) is 5.09 Å². The van der Waals surface area contributed by atoms with Gasteiger partial charge in [-0.25, -0.2) is 0 Å². The summed E-state index contributed by atoms with van der Waals surface area (Å²) in [5.41, 5.74) is 0.00771. The Kier molecular flexibility index (Phi) is 5.53. The minimum Gasteiger partial charge on any atom is -0.340 e. The van der Waals surface area contributed by atoms with Gasteiger partial charge in [-0.3, -0.25) is 9.69 Å². The van der Waals surface area contributed by atoms with Crippen LogP contribution in [0.3, 0.4) is 0 Å². The third kappa shape index (κ3) is 6.37. The number of hydrogen-bond donors (Lipinski definition) is 0. The standard InChI is InChI=1S/C12H23N3O4/c1-12(2,3)10-11(16)14-6-4-13(5-7-14)8-9-19-15(17)18/h4-10H2,1-3H3. The molecule has 110 valence electrons. The maximum absolute atomic E-state index is 12.0. The first-order valence-corrected chi connectivity index (χ1v) is 6.55. The number of piperazine rings is 1. The van der Waals surface area contributed by atoms with Crippen molar-refractivity contribution in [3.05, 3.63) is 10.1 Å². The van der Waals surface area contributed by atoms with Crippen LogP contribution in [0.5, 0.6) is 0 Å². The Hall–Kier alpha value is -1.37. The summed E-state index contributed by atoms with van der Waals surface area (Å²) >= 11 is 0. The van der Waals surface area contributed by atoms with Crippen LogP contribution in [0.1, 0.15) is 27.2 Å². The van der Waals surface area contributed by atoms with Crippen molar-refractivity contribution < 1.29 is 14.7 Å². The first-order chi connectivity index (χ1) is 8.78. The van der Waals surface area contributed by atoms with Gasteiger partial charge in [0.1, 0.15) is 6.61 Å². The molecule has 7 nitrogen and oxygen atoms in total. The molecule has 1 amide bonds. The van der Waals surface area contributed by atoms with Crippen LogP contribution in [0.15, 0.2) is 0 Å². The minimum absolute atomic E-state index is 0.00771. The molecule has 1 aliphatic rings. The Labute approximate surface area is 113 Å². The molecule has 1 saturated heterocycles. The molecule has 1 fully saturated rings. The van der Waals surface area contributed by atoms with E-state index in [1.807, 2.05) is 4.90 Å². The van der Waals surface area contributed by atoms with Gasteiger partial charge in [-0.15, -0.1) is 10.1 Å². The highest BCUT2D eigenvalue weighted by Crippen LogP contribution is 2.20. The summed E-state index contributed by atoms with van der Waals surface area (Å²) in [4.78, 5) is 30.3. The van der Waals surface area contributed by atoms with E-state index < -0.39 is 5.09 Å². The third-order valence-electron chi connectivity index (χ3n) is 3.01. The van der Waals surface area contributed by atoms with Crippen LogP contribution in [0, 0.1) is 15.5 Å². The average Bonchev–Trinajstić information content (AvgIpc) is 2.27. The number of rotatable bonds is 5. The van der Waals surface area contributed by atoms with Gasteiger partial charge in [0, 0.05) is 39.1 Å². The van der Waals surface area contributed by atoms with Gasteiger partial charge in [-0.05, 0) is 5.41 Å². The highest BCUT2D eigenvalue weighted by Gasteiger charge is 2.24. The molecule has 0 aromatic rings. The Morgan fingerprint density at radius 1 is 1.26 bits per heavy atom. The van der Waals surface area contributed by atoms with E-state index in [0.29, 0.717) is 26.1 Å². The van der Waals surface area contributed by atoms with E-state index in [4.69, 9.17) is 0 Å². The fraction of sp³-hybridized carbons (Fsp3) is 0.917. The van der Waals surface area contributed by atoms with E-state index in [2.05, 4.69) is 30.5 Å². The molecule has 1 aliphatic heterocycles. The number of amides is 1. The van der Waals surface area contributed by atoms with Crippen molar-refractivity contribution in [3.8, 4) is 0 Å². The molecule has 0 aromatic heterocycles. The van der Waals surface area contributed by atoms with Gasteiger partial charge in [-0.1, -0.05) is 20.8 Å². The molecule has 7 heteroatoms. The lowest BCUT2D eigenvalue weighted by atomic mass is 9.91. The van der Waals surface area contributed by atoms with Gasteiger partial charge in [0.05, 0.1) is 0 Å². The highest BCUT2D eigenvalue weighted by atomic mass is 16.9. The van der Waals surface area contributed by atoms with Gasteiger partial charge in [0.15, 0.2) is 0 Å². The van der Waals surface area contributed by atoms with E-state index in [0.717, 1.165) is 13.1 Å². The van der Waals surface area contributed by atoms with Gasteiger partial charge in [-0.2, -0.15) is 0 Å². The summed E-state index contributed by atoms with van der Waals surface area (Å²) in [6, 6.07) is 0. The van der Waals surface area contributed by atoms with Crippen molar-refractivity contribution in [1.82, 2.24) is 9.80 Å². The van der Waals surface area contributed by atoms with Crippen LogP contribution in [0.2, 0.25) is 0 Å². The second-order valence-electron chi connectivity index (χ2n) is 6.02. The predicted molar refractivity (Wildman–Crippen MR) is 70.0 cm³/mol. The summed E-state index contributed by atoms with van der Waals surface area (Å²) in [7, 11) is 0. The zero-order valence-corrected chi connectivity index (χ0v) is 11.9. The summed E-state index contributed by atoms with van der Waals surface area (Å²) in [5, 5.41) is 9.25. The Bertz CT molecular complexity index is 319. The summed E-state index contributed by atoms with van der Waals surface area (Å²) in [5.74, 6) is 0.189. The molecule has 0 radical (unpaired) electrons. The zero-order valence-electron chi connectivity index (χ0n) is 11.9.